The molecule has 106 valence electrons. The van der Waals surface area contributed by atoms with Crippen LogP contribution in [-0.4, -0.2) is 19.9 Å². The van der Waals surface area contributed by atoms with Crippen molar-refractivity contribution in [2.75, 3.05) is 13.9 Å². The van der Waals surface area contributed by atoms with Crippen LogP contribution in [-0.2, 0) is 9.53 Å². The molecular formula is C16H18O4. The molecule has 0 saturated carbocycles. The zero-order valence-electron chi connectivity index (χ0n) is 11.9. The molecule has 4 nitrogen and oxygen atoms in total. The van der Waals surface area contributed by atoms with Gasteiger partial charge in [0.05, 0.1) is 5.92 Å². The van der Waals surface area contributed by atoms with Gasteiger partial charge in [-0.3, -0.25) is 4.79 Å². The highest BCUT2D eigenvalue weighted by Gasteiger charge is 2.10. The van der Waals surface area contributed by atoms with E-state index in [1.807, 2.05) is 44.2 Å². The Bertz CT molecular complexity index is 604. The number of hydrogen-bond donors (Lipinski definition) is 0. The molecule has 0 atom stereocenters. The predicted molar refractivity (Wildman–Crippen MR) is 76.9 cm³/mol. The number of benzene rings is 2. The molecular weight excluding hydrogens is 256 g/mol. The normalized spacial score (nSPS) is 10.8. The van der Waals surface area contributed by atoms with E-state index >= 15 is 0 Å². The van der Waals surface area contributed by atoms with Crippen molar-refractivity contribution >= 4 is 16.7 Å². The third-order valence-corrected chi connectivity index (χ3v) is 2.82. The van der Waals surface area contributed by atoms with E-state index in [1.165, 1.54) is 0 Å². The number of methoxy groups -OCH3 is 1. The minimum Gasteiger partial charge on any atom is -0.468 e. The summed E-state index contributed by atoms with van der Waals surface area (Å²) in [6, 6.07) is 11.2. The number of rotatable bonds is 5. The first-order chi connectivity index (χ1) is 9.60. The van der Waals surface area contributed by atoms with Gasteiger partial charge in [-0.05, 0) is 35.0 Å². The molecule has 0 amide bonds. The second kappa shape index (κ2) is 6.39. The monoisotopic (exact) mass is 274 g/mol. The average Bonchev–Trinajstić information content (AvgIpc) is 2.44. The predicted octanol–water partition coefficient (Wildman–Crippen LogP) is 3.38. The molecule has 0 unspecified atom stereocenters. The van der Waals surface area contributed by atoms with Crippen LogP contribution in [0.4, 0.5) is 0 Å². The standard InChI is InChI=1S/C16H18O4/c1-11(2)16(17)20-15-7-5-12-8-14(19-10-18-3)6-4-13(12)9-15/h4-9,11H,10H2,1-3H3. The van der Waals surface area contributed by atoms with Gasteiger partial charge in [0, 0.05) is 7.11 Å². The summed E-state index contributed by atoms with van der Waals surface area (Å²) in [6.45, 7) is 3.83. The van der Waals surface area contributed by atoms with Crippen LogP contribution >= 0.6 is 0 Å². The van der Waals surface area contributed by atoms with Gasteiger partial charge in [0.1, 0.15) is 11.5 Å². The maximum Gasteiger partial charge on any atom is 0.313 e. The van der Waals surface area contributed by atoms with E-state index in [-0.39, 0.29) is 18.7 Å². The van der Waals surface area contributed by atoms with Crippen LogP contribution in [0.1, 0.15) is 13.8 Å². The molecule has 0 spiro atoms. The lowest BCUT2D eigenvalue weighted by Crippen LogP contribution is -2.14. The third-order valence-electron chi connectivity index (χ3n) is 2.82. The summed E-state index contributed by atoms with van der Waals surface area (Å²) in [5, 5.41) is 2.01. The topological polar surface area (TPSA) is 44.8 Å². The number of ether oxygens (including phenoxy) is 3. The zero-order valence-corrected chi connectivity index (χ0v) is 11.9. The van der Waals surface area contributed by atoms with Crippen LogP contribution in [0.5, 0.6) is 11.5 Å². The van der Waals surface area contributed by atoms with Crippen LogP contribution in [0.2, 0.25) is 0 Å². The van der Waals surface area contributed by atoms with Crippen LogP contribution in [0.15, 0.2) is 36.4 Å². The van der Waals surface area contributed by atoms with Gasteiger partial charge < -0.3 is 14.2 Å². The van der Waals surface area contributed by atoms with Crippen molar-refractivity contribution < 1.29 is 19.0 Å². The fourth-order valence-electron chi connectivity index (χ4n) is 1.72. The highest BCUT2D eigenvalue weighted by Crippen LogP contribution is 2.25. The molecule has 0 bridgehead atoms. The quantitative estimate of drug-likeness (QED) is 0.476. The van der Waals surface area contributed by atoms with Crippen molar-refractivity contribution in [2.24, 2.45) is 5.92 Å². The summed E-state index contributed by atoms with van der Waals surface area (Å²) in [5.41, 5.74) is 0. The first-order valence-corrected chi connectivity index (χ1v) is 6.47. The number of carbonyl (C=O) groups excluding carboxylic acids is 1. The van der Waals surface area contributed by atoms with Crippen molar-refractivity contribution in [3.05, 3.63) is 36.4 Å². The van der Waals surface area contributed by atoms with Crippen molar-refractivity contribution in [1.29, 1.82) is 0 Å². The molecule has 0 heterocycles. The number of carbonyl (C=O) groups is 1. The molecule has 2 aromatic rings. The zero-order chi connectivity index (χ0) is 14.5. The molecule has 0 fully saturated rings. The molecule has 20 heavy (non-hydrogen) atoms. The van der Waals surface area contributed by atoms with Crippen molar-refractivity contribution in [1.82, 2.24) is 0 Å². The SMILES string of the molecule is COCOc1ccc2cc(OC(=O)C(C)C)ccc2c1. The molecule has 0 N–H and O–H groups in total. The molecule has 0 saturated heterocycles. The summed E-state index contributed by atoms with van der Waals surface area (Å²) in [6.07, 6.45) is 0. The second-order valence-corrected chi connectivity index (χ2v) is 4.80. The van der Waals surface area contributed by atoms with Crippen molar-refractivity contribution in [3.63, 3.8) is 0 Å². The van der Waals surface area contributed by atoms with Gasteiger partial charge in [0.25, 0.3) is 0 Å². The molecule has 0 aliphatic carbocycles. The number of hydrogen-bond acceptors (Lipinski definition) is 4. The van der Waals surface area contributed by atoms with Gasteiger partial charge >= 0.3 is 5.97 Å². The largest absolute Gasteiger partial charge is 0.468 e. The lowest BCUT2D eigenvalue weighted by Gasteiger charge is -2.09. The van der Waals surface area contributed by atoms with E-state index in [0.717, 1.165) is 16.5 Å². The first kappa shape index (κ1) is 14.3. The maximum absolute atomic E-state index is 11.6. The van der Waals surface area contributed by atoms with E-state index in [2.05, 4.69) is 0 Å². The van der Waals surface area contributed by atoms with E-state index in [4.69, 9.17) is 14.2 Å². The Labute approximate surface area is 118 Å². The molecule has 2 aromatic carbocycles. The fraction of sp³-hybridized carbons (Fsp3) is 0.312. The van der Waals surface area contributed by atoms with Crippen molar-refractivity contribution in [3.8, 4) is 11.5 Å². The summed E-state index contributed by atoms with van der Waals surface area (Å²) in [5.74, 6) is 0.924. The maximum atomic E-state index is 11.6. The van der Waals surface area contributed by atoms with Gasteiger partial charge in [-0.25, -0.2) is 0 Å². The molecule has 0 aromatic heterocycles. The second-order valence-electron chi connectivity index (χ2n) is 4.80. The summed E-state index contributed by atoms with van der Waals surface area (Å²) >= 11 is 0. The highest BCUT2D eigenvalue weighted by molar-refractivity contribution is 5.86. The molecule has 0 radical (unpaired) electrons. The molecule has 0 aliphatic heterocycles. The first-order valence-electron chi connectivity index (χ1n) is 6.47. The van der Waals surface area contributed by atoms with E-state index < -0.39 is 0 Å². The Morgan fingerprint density at radius 3 is 2.25 bits per heavy atom. The van der Waals surface area contributed by atoms with Gasteiger partial charge in [-0.2, -0.15) is 0 Å². The van der Waals surface area contributed by atoms with Gasteiger partial charge in [0.15, 0.2) is 6.79 Å². The lowest BCUT2D eigenvalue weighted by molar-refractivity contribution is -0.137. The van der Waals surface area contributed by atoms with E-state index in [1.54, 1.807) is 13.2 Å². The molecule has 2 rings (SSSR count). The summed E-state index contributed by atoms with van der Waals surface area (Å²) < 4.78 is 15.5. The minimum absolute atomic E-state index is 0.143. The number of esters is 1. The molecule has 4 heteroatoms. The summed E-state index contributed by atoms with van der Waals surface area (Å²) in [7, 11) is 1.58. The Kier molecular flexibility index (Phi) is 4.58. The lowest BCUT2D eigenvalue weighted by atomic mass is 10.1. The fourth-order valence-corrected chi connectivity index (χ4v) is 1.72. The van der Waals surface area contributed by atoms with Gasteiger partial charge in [-0.15, -0.1) is 0 Å². The van der Waals surface area contributed by atoms with Crippen LogP contribution < -0.4 is 9.47 Å². The van der Waals surface area contributed by atoms with Crippen LogP contribution in [0.25, 0.3) is 10.8 Å². The number of fused-ring (bicyclic) bond motifs is 1. The summed E-state index contributed by atoms with van der Waals surface area (Å²) in [4.78, 5) is 11.6. The highest BCUT2D eigenvalue weighted by atomic mass is 16.7. The smallest absolute Gasteiger partial charge is 0.313 e. The third kappa shape index (κ3) is 3.48. The van der Waals surface area contributed by atoms with Crippen LogP contribution in [0, 0.1) is 5.92 Å². The Hall–Kier alpha value is -2.07. The Morgan fingerprint density at radius 1 is 1.05 bits per heavy atom. The van der Waals surface area contributed by atoms with E-state index in [9.17, 15) is 4.79 Å². The molecule has 0 aliphatic rings. The van der Waals surface area contributed by atoms with Crippen molar-refractivity contribution in [2.45, 2.75) is 13.8 Å². The van der Waals surface area contributed by atoms with E-state index in [0.29, 0.717) is 5.75 Å². The Morgan fingerprint density at radius 2 is 1.65 bits per heavy atom. The van der Waals surface area contributed by atoms with Crippen LogP contribution in [0.3, 0.4) is 0 Å². The minimum atomic E-state index is -0.232. The van der Waals surface area contributed by atoms with Gasteiger partial charge in [0.2, 0.25) is 0 Å². The van der Waals surface area contributed by atoms with Gasteiger partial charge in [-0.1, -0.05) is 26.0 Å². The Balaban J connectivity index is 2.20. The average molecular weight is 274 g/mol.